The second-order valence-corrected chi connectivity index (χ2v) is 9.97. The van der Waals surface area contributed by atoms with Crippen LogP contribution in [0.3, 0.4) is 0 Å². The molecule has 0 aliphatic rings. The van der Waals surface area contributed by atoms with E-state index in [9.17, 15) is 10.1 Å². The summed E-state index contributed by atoms with van der Waals surface area (Å²) in [6, 6.07) is 16.4. The highest BCUT2D eigenvalue weighted by Gasteiger charge is 2.17. The first-order chi connectivity index (χ1) is 17.8. The fourth-order valence-electron chi connectivity index (χ4n) is 3.27. The van der Waals surface area contributed by atoms with Crippen LogP contribution in [0.25, 0.3) is 6.08 Å². The van der Waals surface area contributed by atoms with Gasteiger partial charge >= 0.3 is 0 Å². The molecule has 1 amide bonds. The van der Waals surface area contributed by atoms with Crippen LogP contribution in [-0.2, 0) is 11.4 Å². The van der Waals surface area contributed by atoms with E-state index in [1.54, 1.807) is 6.07 Å². The average molecular weight is 698 g/mol. The summed E-state index contributed by atoms with van der Waals surface area (Å²) >= 11 is 11.7. The summed E-state index contributed by atoms with van der Waals surface area (Å²) in [5.41, 5.74) is 1.81. The lowest BCUT2D eigenvalue weighted by Crippen LogP contribution is -2.14. The number of halogens is 3. The minimum atomic E-state index is -0.617. The lowest BCUT2D eigenvalue weighted by Gasteiger charge is -2.15. The summed E-state index contributed by atoms with van der Waals surface area (Å²) in [4.78, 5) is 13.0. The number of benzene rings is 3. The molecule has 192 valence electrons. The van der Waals surface area contributed by atoms with Crippen LogP contribution in [0, 0.1) is 14.9 Å². The number of nitrogens with zero attached hydrogens (tertiary/aromatic N) is 1. The molecule has 0 heterocycles. The van der Waals surface area contributed by atoms with Crippen molar-refractivity contribution in [3.05, 3.63) is 78.3 Å². The van der Waals surface area contributed by atoms with Crippen molar-refractivity contribution in [3.8, 4) is 29.1 Å². The summed E-state index contributed by atoms with van der Waals surface area (Å²) in [6.45, 7) is 2.65. The van der Waals surface area contributed by atoms with Crippen LogP contribution in [0.5, 0.6) is 23.0 Å². The third kappa shape index (κ3) is 7.53. The summed E-state index contributed by atoms with van der Waals surface area (Å²) < 4.78 is 24.2. The first kappa shape index (κ1) is 28.6. The van der Waals surface area contributed by atoms with Crippen LogP contribution in [0.1, 0.15) is 18.1 Å². The monoisotopic (exact) mass is 696 g/mol. The van der Waals surface area contributed by atoms with Crippen molar-refractivity contribution in [3.63, 3.8) is 0 Å². The number of amides is 1. The van der Waals surface area contributed by atoms with Gasteiger partial charge in [0.1, 0.15) is 29.7 Å². The van der Waals surface area contributed by atoms with Crippen molar-refractivity contribution in [2.75, 3.05) is 26.1 Å². The molecule has 0 unspecified atom stereocenters. The van der Waals surface area contributed by atoms with E-state index < -0.39 is 5.91 Å². The van der Waals surface area contributed by atoms with Gasteiger partial charge < -0.3 is 24.3 Å². The van der Waals surface area contributed by atoms with Crippen LogP contribution < -0.4 is 24.3 Å². The summed E-state index contributed by atoms with van der Waals surface area (Å²) in [7, 11) is 2.91. The second-order valence-electron chi connectivity index (χ2n) is 7.49. The fourth-order valence-corrected chi connectivity index (χ4v) is 4.55. The zero-order valence-electron chi connectivity index (χ0n) is 20.2. The quantitative estimate of drug-likeness (QED) is 0.137. The number of methoxy groups -OCH3 is 2. The number of nitriles is 1. The predicted octanol–water partition coefficient (Wildman–Crippen LogP) is 7.25. The van der Waals surface area contributed by atoms with Crippen molar-refractivity contribution < 1.29 is 23.7 Å². The van der Waals surface area contributed by atoms with Gasteiger partial charge in [0.05, 0.1) is 35.1 Å². The van der Waals surface area contributed by atoms with E-state index >= 15 is 0 Å². The molecule has 0 fully saturated rings. The number of nitrogens with one attached hydrogen (secondary N) is 1. The SMILES string of the molecule is CCOc1cc(/C=C(\C#N)C(=O)Nc2cc(OC)c(Cl)cc2OC)cc(I)c1OCc1ccc(Br)cc1. The number of ether oxygens (including phenoxy) is 4. The van der Waals surface area contributed by atoms with Crippen LogP contribution in [-0.4, -0.2) is 26.7 Å². The molecule has 37 heavy (non-hydrogen) atoms. The Morgan fingerprint density at radius 1 is 1.08 bits per heavy atom. The van der Waals surface area contributed by atoms with Crippen molar-refractivity contribution in [2.45, 2.75) is 13.5 Å². The van der Waals surface area contributed by atoms with Gasteiger partial charge in [-0.3, -0.25) is 4.79 Å². The second kappa shape index (κ2) is 13.6. The topological polar surface area (TPSA) is 89.8 Å². The van der Waals surface area contributed by atoms with Gasteiger partial charge in [0.2, 0.25) is 0 Å². The summed E-state index contributed by atoms with van der Waals surface area (Å²) in [5.74, 6) is 1.17. The minimum Gasteiger partial charge on any atom is -0.495 e. The number of carbonyl (C=O) groups excluding carboxylic acids is 1. The molecule has 3 aromatic carbocycles. The van der Waals surface area contributed by atoms with Gasteiger partial charge in [0.25, 0.3) is 5.91 Å². The highest BCUT2D eigenvalue weighted by atomic mass is 127. The minimum absolute atomic E-state index is 0.113. The molecule has 7 nitrogen and oxygen atoms in total. The molecular weight excluding hydrogens is 675 g/mol. The Kier molecular flexibility index (Phi) is 10.5. The first-order valence-electron chi connectivity index (χ1n) is 11.0. The maximum absolute atomic E-state index is 13.0. The van der Waals surface area contributed by atoms with Gasteiger partial charge in [-0.2, -0.15) is 5.26 Å². The number of hydrogen-bond acceptors (Lipinski definition) is 6. The van der Waals surface area contributed by atoms with Gasteiger partial charge in [-0.25, -0.2) is 0 Å². The van der Waals surface area contributed by atoms with Gasteiger partial charge in [-0.05, 0) is 71.0 Å². The first-order valence-corrected chi connectivity index (χ1v) is 13.2. The molecule has 1 N–H and O–H groups in total. The molecule has 0 radical (unpaired) electrons. The highest BCUT2D eigenvalue weighted by Crippen LogP contribution is 2.37. The molecule has 0 aliphatic carbocycles. The number of rotatable bonds is 10. The van der Waals surface area contributed by atoms with Gasteiger partial charge in [0.15, 0.2) is 11.5 Å². The average Bonchev–Trinajstić information content (AvgIpc) is 2.88. The third-order valence-electron chi connectivity index (χ3n) is 5.03. The van der Waals surface area contributed by atoms with E-state index in [1.165, 1.54) is 32.4 Å². The number of anilines is 1. The Bertz CT molecular complexity index is 1360. The van der Waals surface area contributed by atoms with Crippen molar-refractivity contribution >= 4 is 67.8 Å². The largest absolute Gasteiger partial charge is 0.495 e. The molecule has 0 spiro atoms. The summed E-state index contributed by atoms with van der Waals surface area (Å²) in [5, 5.41) is 12.7. The Labute approximate surface area is 242 Å². The Hall–Kier alpha value is -2.94. The smallest absolute Gasteiger partial charge is 0.266 e. The van der Waals surface area contributed by atoms with Crippen molar-refractivity contribution in [1.82, 2.24) is 0 Å². The molecule has 0 atom stereocenters. The van der Waals surface area contributed by atoms with Crippen LogP contribution in [0.2, 0.25) is 5.02 Å². The van der Waals surface area contributed by atoms with Crippen LogP contribution >= 0.6 is 50.1 Å². The zero-order chi connectivity index (χ0) is 26.9. The fraction of sp³-hybridized carbons (Fsp3) is 0.185. The normalized spacial score (nSPS) is 10.9. The molecule has 0 aliphatic heterocycles. The van der Waals surface area contributed by atoms with Gasteiger partial charge in [-0.1, -0.05) is 39.7 Å². The standard InChI is InChI=1S/C27H23BrClIN2O5/c1-4-36-25-11-17(10-21(30)26(25)37-15-16-5-7-19(28)8-6-16)9-18(14-31)27(33)32-22-13-23(34-2)20(29)12-24(22)35-3/h5-13H,4,15H2,1-3H3,(H,32,33)/b18-9+. The predicted molar refractivity (Wildman–Crippen MR) is 156 cm³/mol. The Morgan fingerprint density at radius 2 is 1.78 bits per heavy atom. The lowest BCUT2D eigenvalue weighted by molar-refractivity contribution is -0.112. The van der Waals surface area contributed by atoms with E-state index in [-0.39, 0.29) is 5.57 Å². The van der Waals surface area contributed by atoms with Crippen LogP contribution in [0.15, 0.2) is 58.6 Å². The van der Waals surface area contributed by atoms with Crippen LogP contribution in [0.4, 0.5) is 5.69 Å². The molecule has 0 saturated carbocycles. The van der Waals surface area contributed by atoms with E-state index in [1.807, 2.05) is 43.3 Å². The Balaban J connectivity index is 1.88. The molecular formula is C27H23BrClIN2O5. The maximum Gasteiger partial charge on any atom is 0.266 e. The molecule has 0 saturated heterocycles. The lowest BCUT2D eigenvalue weighted by atomic mass is 10.1. The van der Waals surface area contributed by atoms with E-state index in [0.29, 0.717) is 52.5 Å². The molecule has 0 bridgehead atoms. The molecule has 0 aromatic heterocycles. The summed E-state index contributed by atoms with van der Waals surface area (Å²) in [6.07, 6.45) is 1.48. The maximum atomic E-state index is 13.0. The number of carbonyl (C=O) groups is 1. The van der Waals surface area contributed by atoms with Crippen molar-refractivity contribution in [1.29, 1.82) is 5.26 Å². The van der Waals surface area contributed by atoms with E-state index in [2.05, 4.69) is 43.8 Å². The third-order valence-corrected chi connectivity index (χ3v) is 6.65. The van der Waals surface area contributed by atoms with Gasteiger partial charge in [0, 0.05) is 16.6 Å². The highest BCUT2D eigenvalue weighted by molar-refractivity contribution is 14.1. The van der Waals surface area contributed by atoms with E-state index in [4.69, 9.17) is 30.5 Å². The number of hydrogen-bond donors (Lipinski definition) is 1. The molecule has 3 rings (SSSR count). The van der Waals surface area contributed by atoms with Gasteiger partial charge in [-0.15, -0.1) is 0 Å². The van der Waals surface area contributed by atoms with Crippen molar-refractivity contribution in [2.24, 2.45) is 0 Å². The zero-order valence-corrected chi connectivity index (χ0v) is 24.7. The van der Waals surface area contributed by atoms with E-state index in [0.717, 1.165) is 13.6 Å². The molecule has 10 heteroatoms. The molecule has 3 aromatic rings. The Morgan fingerprint density at radius 3 is 2.41 bits per heavy atom.